The molecule has 0 fully saturated rings. The Morgan fingerprint density at radius 1 is 1.31 bits per heavy atom. The zero-order valence-electron chi connectivity index (χ0n) is 10.5. The largest absolute Gasteiger partial charge is 0.388 e. The summed E-state index contributed by atoms with van der Waals surface area (Å²) in [6, 6.07) is 0. The van der Waals surface area contributed by atoms with E-state index in [0.717, 1.165) is 0 Å². The molecular weight excluding hydrogens is 233 g/mol. The number of hydrogen-bond acceptors (Lipinski definition) is 3. The molecule has 2 atom stereocenters. The van der Waals surface area contributed by atoms with E-state index in [1.54, 1.807) is 35.0 Å². The van der Waals surface area contributed by atoms with Crippen LogP contribution >= 0.6 is 7.60 Å². The van der Waals surface area contributed by atoms with Gasteiger partial charge >= 0.3 is 7.60 Å². The Labute approximate surface area is 96.6 Å². The van der Waals surface area contributed by atoms with Gasteiger partial charge in [0.15, 0.2) is 0 Å². The SMILES string of the molecule is CCOC(O)(CC)C([N+](C)(C)C)P(=O)(O)O. The van der Waals surface area contributed by atoms with E-state index in [4.69, 9.17) is 4.74 Å². The minimum Gasteiger partial charge on any atom is -0.360 e. The third-order valence-electron chi connectivity index (χ3n) is 2.36. The summed E-state index contributed by atoms with van der Waals surface area (Å²) in [6.07, 6.45) is 0.117. The molecule has 0 aromatic heterocycles. The number of rotatable bonds is 6. The number of nitrogens with zero attached hydrogens (tertiary/aromatic N) is 1. The van der Waals surface area contributed by atoms with Gasteiger partial charge in [-0.15, -0.1) is 0 Å². The molecular formula is C9H23NO5P+. The molecule has 0 aliphatic heterocycles. The van der Waals surface area contributed by atoms with Gasteiger partial charge in [-0.05, 0) is 6.92 Å². The van der Waals surface area contributed by atoms with Crippen LogP contribution in [0.4, 0.5) is 0 Å². The Morgan fingerprint density at radius 2 is 1.75 bits per heavy atom. The lowest BCUT2D eigenvalue weighted by Crippen LogP contribution is -2.59. The zero-order chi connectivity index (χ0) is 13.2. The summed E-state index contributed by atoms with van der Waals surface area (Å²) in [5.74, 6) is -3.11. The molecule has 0 aromatic rings. The van der Waals surface area contributed by atoms with E-state index in [0.29, 0.717) is 0 Å². The second-order valence-corrected chi connectivity index (χ2v) is 6.38. The Balaban J connectivity index is 5.41. The van der Waals surface area contributed by atoms with Gasteiger partial charge in [-0.1, -0.05) is 6.92 Å². The predicted octanol–water partition coefficient (Wildman–Crippen LogP) is 0.332. The summed E-state index contributed by atoms with van der Waals surface area (Å²) >= 11 is 0. The van der Waals surface area contributed by atoms with Gasteiger partial charge < -0.3 is 24.1 Å². The average Bonchev–Trinajstić information content (AvgIpc) is 1.98. The van der Waals surface area contributed by atoms with Crippen molar-refractivity contribution < 1.29 is 28.7 Å². The van der Waals surface area contributed by atoms with E-state index in [9.17, 15) is 19.5 Å². The van der Waals surface area contributed by atoms with Gasteiger partial charge in [0, 0.05) is 13.0 Å². The highest BCUT2D eigenvalue weighted by atomic mass is 31.2. The maximum Gasteiger partial charge on any atom is 0.388 e. The molecule has 0 saturated carbocycles. The van der Waals surface area contributed by atoms with Crippen LogP contribution in [0.3, 0.4) is 0 Å². The van der Waals surface area contributed by atoms with Crippen molar-refractivity contribution in [3.63, 3.8) is 0 Å². The highest BCUT2D eigenvalue weighted by Gasteiger charge is 2.55. The highest BCUT2D eigenvalue weighted by molar-refractivity contribution is 7.52. The summed E-state index contributed by atoms with van der Waals surface area (Å²) in [5.41, 5.74) is 0. The van der Waals surface area contributed by atoms with E-state index in [2.05, 4.69) is 0 Å². The fourth-order valence-corrected chi connectivity index (χ4v) is 3.61. The number of aliphatic hydroxyl groups is 1. The predicted molar refractivity (Wildman–Crippen MR) is 60.7 cm³/mol. The zero-order valence-corrected chi connectivity index (χ0v) is 11.4. The first-order valence-electron chi connectivity index (χ1n) is 5.21. The molecule has 0 rings (SSSR count). The fraction of sp³-hybridized carbons (Fsp3) is 1.00. The van der Waals surface area contributed by atoms with Gasteiger partial charge in [0.2, 0.25) is 11.6 Å². The molecule has 2 unspecified atom stereocenters. The molecule has 0 saturated heterocycles. The van der Waals surface area contributed by atoms with E-state index in [1.807, 2.05) is 0 Å². The maximum atomic E-state index is 11.5. The van der Waals surface area contributed by atoms with Crippen molar-refractivity contribution in [1.29, 1.82) is 0 Å². The van der Waals surface area contributed by atoms with Crippen LogP contribution in [0.15, 0.2) is 0 Å². The summed E-state index contributed by atoms with van der Waals surface area (Å²) < 4.78 is 16.6. The second-order valence-electron chi connectivity index (χ2n) is 4.71. The first-order valence-corrected chi connectivity index (χ1v) is 6.90. The van der Waals surface area contributed by atoms with E-state index < -0.39 is 19.2 Å². The molecule has 0 heterocycles. The minimum absolute atomic E-state index is 0.0748. The topological polar surface area (TPSA) is 87.0 Å². The van der Waals surface area contributed by atoms with Gasteiger partial charge in [-0.2, -0.15) is 0 Å². The van der Waals surface area contributed by atoms with Crippen LogP contribution in [0.5, 0.6) is 0 Å². The average molecular weight is 256 g/mol. The van der Waals surface area contributed by atoms with Gasteiger partial charge in [-0.3, -0.25) is 4.57 Å². The van der Waals surface area contributed by atoms with Crippen molar-refractivity contribution in [2.45, 2.75) is 31.8 Å². The van der Waals surface area contributed by atoms with Crippen LogP contribution in [-0.4, -0.2) is 58.7 Å². The van der Waals surface area contributed by atoms with E-state index in [-0.39, 0.29) is 17.5 Å². The van der Waals surface area contributed by atoms with Crippen molar-refractivity contribution in [1.82, 2.24) is 0 Å². The van der Waals surface area contributed by atoms with Crippen LogP contribution < -0.4 is 0 Å². The fourth-order valence-electron chi connectivity index (χ4n) is 1.93. The van der Waals surface area contributed by atoms with Gasteiger partial charge in [-0.25, -0.2) is 0 Å². The molecule has 0 spiro atoms. The Kier molecular flexibility index (Phi) is 5.13. The van der Waals surface area contributed by atoms with Crippen LogP contribution in [0.2, 0.25) is 0 Å². The first kappa shape index (κ1) is 16.0. The molecule has 7 heteroatoms. The van der Waals surface area contributed by atoms with Gasteiger partial charge in [0.25, 0.3) is 0 Å². The molecule has 98 valence electrons. The lowest BCUT2D eigenvalue weighted by atomic mass is 10.2. The lowest BCUT2D eigenvalue weighted by molar-refractivity contribution is -0.895. The molecule has 0 radical (unpaired) electrons. The van der Waals surface area contributed by atoms with Crippen molar-refractivity contribution >= 4 is 7.60 Å². The number of hydrogen-bond donors (Lipinski definition) is 3. The third-order valence-corrected chi connectivity index (χ3v) is 4.09. The quantitative estimate of drug-likeness (QED) is 0.362. The maximum absolute atomic E-state index is 11.5. The summed E-state index contributed by atoms with van der Waals surface area (Å²) in [5, 5.41) is 10.2. The second kappa shape index (κ2) is 5.12. The molecule has 0 aliphatic carbocycles. The smallest absolute Gasteiger partial charge is 0.360 e. The number of likely N-dealkylation sites (N-methyl/N-ethyl adjacent to an activating group) is 1. The van der Waals surface area contributed by atoms with Gasteiger partial charge in [0.1, 0.15) is 0 Å². The molecule has 0 amide bonds. The molecule has 0 bridgehead atoms. The number of quaternary nitrogens is 1. The van der Waals surface area contributed by atoms with Crippen LogP contribution in [-0.2, 0) is 9.30 Å². The molecule has 16 heavy (non-hydrogen) atoms. The normalized spacial score (nSPS) is 19.2. The molecule has 0 aromatic carbocycles. The Morgan fingerprint density at radius 3 is 1.94 bits per heavy atom. The van der Waals surface area contributed by atoms with Crippen LogP contribution in [0.1, 0.15) is 20.3 Å². The minimum atomic E-state index is -4.47. The van der Waals surface area contributed by atoms with E-state index >= 15 is 0 Å². The van der Waals surface area contributed by atoms with Gasteiger partial charge in [0.05, 0.1) is 21.1 Å². The summed E-state index contributed by atoms with van der Waals surface area (Å²) in [7, 11) is 0.376. The monoisotopic (exact) mass is 256 g/mol. The molecule has 0 aliphatic rings. The van der Waals surface area contributed by atoms with Crippen LogP contribution in [0, 0.1) is 0 Å². The Bertz CT molecular complexity index is 272. The van der Waals surface area contributed by atoms with E-state index in [1.165, 1.54) is 0 Å². The van der Waals surface area contributed by atoms with Crippen molar-refractivity contribution in [3.8, 4) is 0 Å². The molecule has 6 nitrogen and oxygen atoms in total. The summed E-state index contributed by atoms with van der Waals surface area (Å²) in [6.45, 7) is 3.50. The third kappa shape index (κ3) is 3.80. The van der Waals surface area contributed by atoms with Crippen molar-refractivity contribution in [3.05, 3.63) is 0 Å². The first-order chi connectivity index (χ1) is 6.99. The highest BCUT2D eigenvalue weighted by Crippen LogP contribution is 2.50. The number of ether oxygens (including phenoxy) is 1. The standard InChI is InChI=1S/C9H22NO5P/c1-6-9(11,15-7-2)8(10(3,4)5)16(12,13)14/h8,11H,6-7H2,1-5H3,(H-,12,13,14)/p+1. The van der Waals surface area contributed by atoms with Crippen molar-refractivity contribution in [2.75, 3.05) is 27.7 Å². The molecule has 3 N–H and O–H groups in total. The van der Waals surface area contributed by atoms with Crippen LogP contribution in [0.25, 0.3) is 0 Å². The lowest BCUT2D eigenvalue weighted by Gasteiger charge is -2.42. The summed E-state index contributed by atoms with van der Waals surface area (Å²) in [4.78, 5) is 18.7. The Hall–Kier alpha value is 0.0300. The van der Waals surface area contributed by atoms with Crippen molar-refractivity contribution in [2.24, 2.45) is 0 Å².